The zero-order valence-electron chi connectivity index (χ0n) is 16.7. The van der Waals surface area contributed by atoms with Gasteiger partial charge in [-0.3, -0.25) is 9.59 Å². The van der Waals surface area contributed by atoms with Crippen LogP contribution in [0.4, 0.5) is 0 Å². The summed E-state index contributed by atoms with van der Waals surface area (Å²) in [5.74, 6) is -0.101. The largest absolute Gasteiger partial charge is 0.329 e. The molecule has 0 atom stereocenters. The van der Waals surface area contributed by atoms with Gasteiger partial charge in [0.2, 0.25) is 0 Å². The van der Waals surface area contributed by atoms with Crippen LogP contribution in [0.5, 0.6) is 0 Å². The second-order valence-electron chi connectivity index (χ2n) is 7.34. The minimum Gasteiger partial charge on any atom is -0.329 e. The van der Waals surface area contributed by atoms with Crippen molar-refractivity contribution in [2.24, 2.45) is 0 Å². The van der Waals surface area contributed by atoms with Crippen LogP contribution in [0.2, 0.25) is 0 Å². The Hall–Kier alpha value is -2.70. The summed E-state index contributed by atoms with van der Waals surface area (Å²) >= 11 is 5.01. The summed E-state index contributed by atoms with van der Waals surface area (Å²) in [7, 11) is 0. The molecule has 0 aliphatic rings. The molecule has 0 spiro atoms. The quantitative estimate of drug-likeness (QED) is 0.391. The van der Waals surface area contributed by atoms with Gasteiger partial charge in [0.15, 0.2) is 0 Å². The smallest absolute Gasteiger partial charge is 0.254 e. The Morgan fingerprint density at radius 1 is 1.07 bits per heavy atom. The Kier molecular flexibility index (Phi) is 5.88. The first-order valence-electron chi connectivity index (χ1n) is 9.61. The molecule has 0 aliphatic carbocycles. The lowest BCUT2D eigenvalue weighted by Crippen LogP contribution is -2.32. The van der Waals surface area contributed by atoms with Crippen LogP contribution in [0.25, 0.3) is 10.9 Å². The van der Waals surface area contributed by atoms with Crippen molar-refractivity contribution in [2.75, 3.05) is 0 Å². The van der Waals surface area contributed by atoms with Gasteiger partial charge in [-0.15, -0.1) is 11.3 Å². The molecule has 0 aliphatic heterocycles. The van der Waals surface area contributed by atoms with Gasteiger partial charge < -0.3 is 9.88 Å². The molecule has 2 aromatic heterocycles. The molecule has 4 rings (SSSR count). The van der Waals surface area contributed by atoms with Crippen molar-refractivity contribution in [3.05, 3.63) is 102 Å². The minimum atomic E-state index is -0.156. The number of benzene rings is 2. The number of carbonyl (C=O) groups is 1. The molecule has 4 aromatic rings. The number of aromatic amines is 1. The maximum absolute atomic E-state index is 13.3. The SMILES string of the molecule is Cc1ccc2cc(CN(Cc3cccs3)C(=O)c3ccc(Br)cc3)c(=O)[nH]c2c1C. The number of hydrogen-bond donors (Lipinski definition) is 1. The van der Waals surface area contributed by atoms with Crippen molar-refractivity contribution in [2.45, 2.75) is 26.9 Å². The van der Waals surface area contributed by atoms with Crippen molar-refractivity contribution in [1.82, 2.24) is 9.88 Å². The average Bonchev–Trinajstić information content (AvgIpc) is 3.25. The van der Waals surface area contributed by atoms with E-state index in [1.54, 1.807) is 28.4 Å². The number of fused-ring (bicyclic) bond motifs is 1. The van der Waals surface area contributed by atoms with E-state index in [-0.39, 0.29) is 18.0 Å². The fraction of sp³-hybridized carbons (Fsp3) is 0.167. The zero-order valence-corrected chi connectivity index (χ0v) is 19.1. The second-order valence-corrected chi connectivity index (χ2v) is 9.29. The van der Waals surface area contributed by atoms with E-state index in [9.17, 15) is 9.59 Å². The average molecular weight is 481 g/mol. The van der Waals surface area contributed by atoms with Crippen LogP contribution in [0.15, 0.2) is 69.2 Å². The fourth-order valence-electron chi connectivity index (χ4n) is 3.46. The predicted molar refractivity (Wildman–Crippen MR) is 126 cm³/mol. The summed E-state index contributed by atoms with van der Waals surface area (Å²) in [6.07, 6.45) is 0. The van der Waals surface area contributed by atoms with Gasteiger partial charge in [-0.2, -0.15) is 0 Å². The number of aryl methyl sites for hydroxylation is 2. The number of H-pyrrole nitrogens is 1. The second kappa shape index (κ2) is 8.58. The van der Waals surface area contributed by atoms with Crippen LogP contribution in [0, 0.1) is 13.8 Å². The number of aromatic nitrogens is 1. The van der Waals surface area contributed by atoms with Gasteiger partial charge in [-0.1, -0.05) is 34.1 Å². The number of rotatable bonds is 5. The van der Waals surface area contributed by atoms with Crippen molar-refractivity contribution in [3.8, 4) is 0 Å². The van der Waals surface area contributed by atoms with E-state index in [1.165, 1.54) is 0 Å². The van der Waals surface area contributed by atoms with E-state index in [1.807, 2.05) is 55.6 Å². The Bertz CT molecular complexity index is 1260. The number of carbonyl (C=O) groups excluding carboxylic acids is 1. The Balaban J connectivity index is 1.71. The highest BCUT2D eigenvalue weighted by Crippen LogP contribution is 2.21. The molecular formula is C24H21BrN2O2S. The number of thiophene rings is 1. The van der Waals surface area contributed by atoms with E-state index < -0.39 is 0 Å². The molecule has 6 heteroatoms. The maximum Gasteiger partial charge on any atom is 0.254 e. The van der Waals surface area contributed by atoms with Crippen molar-refractivity contribution >= 4 is 44.1 Å². The first-order valence-corrected chi connectivity index (χ1v) is 11.3. The first kappa shape index (κ1) is 20.6. The molecule has 2 aromatic carbocycles. The number of nitrogens with one attached hydrogen (secondary N) is 1. The Morgan fingerprint density at radius 3 is 2.53 bits per heavy atom. The number of hydrogen-bond acceptors (Lipinski definition) is 3. The molecule has 1 amide bonds. The lowest BCUT2D eigenvalue weighted by atomic mass is 10.0. The maximum atomic E-state index is 13.3. The van der Waals surface area contributed by atoms with Crippen LogP contribution in [0.3, 0.4) is 0 Å². The van der Waals surface area contributed by atoms with Crippen molar-refractivity contribution in [1.29, 1.82) is 0 Å². The molecule has 1 N–H and O–H groups in total. The third-order valence-electron chi connectivity index (χ3n) is 5.29. The highest BCUT2D eigenvalue weighted by molar-refractivity contribution is 9.10. The van der Waals surface area contributed by atoms with E-state index >= 15 is 0 Å². The van der Waals surface area contributed by atoms with E-state index in [0.29, 0.717) is 17.7 Å². The third kappa shape index (κ3) is 4.25. The molecule has 0 radical (unpaired) electrons. The molecule has 0 fully saturated rings. The summed E-state index contributed by atoms with van der Waals surface area (Å²) < 4.78 is 0.917. The Morgan fingerprint density at radius 2 is 1.83 bits per heavy atom. The van der Waals surface area contributed by atoms with Crippen molar-refractivity contribution in [3.63, 3.8) is 0 Å². The molecule has 30 heavy (non-hydrogen) atoms. The van der Waals surface area contributed by atoms with Crippen LogP contribution in [-0.4, -0.2) is 15.8 Å². The highest BCUT2D eigenvalue weighted by atomic mass is 79.9. The summed E-state index contributed by atoms with van der Waals surface area (Å²) in [6.45, 7) is 4.73. The van der Waals surface area contributed by atoms with E-state index in [0.717, 1.165) is 31.4 Å². The highest BCUT2D eigenvalue weighted by Gasteiger charge is 2.19. The number of pyridine rings is 1. The van der Waals surface area contributed by atoms with Crippen LogP contribution in [-0.2, 0) is 13.1 Å². The third-order valence-corrected chi connectivity index (χ3v) is 6.68. The Labute approximate surface area is 187 Å². The van der Waals surface area contributed by atoms with E-state index in [4.69, 9.17) is 0 Å². The summed E-state index contributed by atoms with van der Waals surface area (Å²) in [4.78, 5) is 31.9. The van der Waals surface area contributed by atoms with Crippen LogP contribution >= 0.6 is 27.3 Å². The monoisotopic (exact) mass is 480 g/mol. The lowest BCUT2D eigenvalue weighted by molar-refractivity contribution is 0.0731. The van der Waals surface area contributed by atoms with Gasteiger partial charge in [0.05, 0.1) is 18.6 Å². The standard InChI is InChI=1S/C24H21BrN2O2S/c1-15-5-6-18-12-19(23(28)26-22(18)16(15)2)13-27(14-21-4-3-11-30-21)24(29)17-7-9-20(25)10-8-17/h3-12H,13-14H2,1-2H3,(H,26,28). The molecule has 2 heterocycles. The van der Waals surface area contributed by atoms with Gasteiger partial charge >= 0.3 is 0 Å². The normalized spacial score (nSPS) is 11.0. The number of amides is 1. The first-order chi connectivity index (χ1) is 14.4. The number of nitrogens with zero attached hydrogens (tertiary/aromatic N) is 1. The molecule has 152 valence electrons. The van der Waals surface area contributed by atoms with Gasteiger partial charge in [0.25, 0.3) is 11.5 Å². The van der Waals surface area contributed by atoms with Crippen LogP contribution < -0.4 is 5.56 Å². The van der Waals surface area contributed by atoms with Gasteiger partial charge in [0, 0.05) is 20.5 Å². The fourth-order valence-corrected chi connectivity index (χ4v) is 4.44. The minimum absolute atomic E-state index is 0.101. The molecule has 0 unspecified atom stereocenters. The van der Waals surface area contributed by atoms with Crippen molar-refractivity contribution < 1.29 is 4.79 Å². The summed E-state index contributed by atoms with van der Waals surface area (Å²) in [5.41, 5.74) is 4.07. The summed E-state index contributed by atoms with van der Waals surface area (Å²) in [6, 6.07) is 17.2. The molecule has 4 nitrogen and oxygen atoms in total. The zero-order chi connectivity index (χ0) is 21.3. The van der Waals surface area contributed by atoms with Gasteiger partial charge in [-0.05, 0) is 72.1 Å². The predicted octanol–water partition coefficient (Wildman–Crippen LogP) is 5.81. The topological polar surface area (TPSA) is 53.2 Å². The van der Waals surface area contributed by atoms with Gasteiger partial charge in [0.1, 0.15) is 0 Å². The van der Waals surface area contributed by atoms with E-state index in [2.05, 4.69) is 27.0 Å². The molecule has 0 bridgehead atoms. The molecular weight excluding hydrogens is 460 g/mol. The number of halogens is 1. The molecule has 0 saturated heterocycles. The lowest BCUT2D eigenvalue weighted by Gasteiger charge is -2.22. The molecule has 0 saturated carbocycles. The van der Waals surface area contributed by atoms with Crippen LogP contribution in [0.1, 0.15) is 31.9 Å². The summed E-state index contributed by atoms with van der Waals surface area (Å²) in [5, 5.41) is 2.96. The van der Waals surface area contributed by atoms with Gasteiger partial charge in [-0.25, -0.2) is 0 Å².